The summed E-state index contributed by atoms with van der Waals surface area (Å²) >= 11 is 5.21. The minimum atomic E-state index is -0.522. The van der Waals surface area contributed by atoms with Crippen molar-refractivity contribution in [1.82, 2.24) is 4.90 Å². The molecule has 0 spiro atoms. The minimum absolute atomic E-state index is 0.203. The molecule has 4 heteroatoms. The molecule has 0 unspecified atom stereocenters. The summed E-state index contributed by atoms with van der Waals surface area (Å²) in [4.78, 5) is 15.2. The maximum Gasteiger partial charge on any atom is 0.235 e. The molecule has 0 saturated heterocycles. The molecule has 1 amide bonds. The van der Waals surface area contributed by atoms with E-state index < -0.39 is 5.41 Å². The fourth-order valence-electron chi connectivity index (χ4n) is 2.95. The van der Waals surface area contributed by atoms with Crippen LogP contribution in [0, 0.1) is 5.41 Å². The van der Waals surface area contributed by atoms with Crippen molar-refractivity contribution in [2.45, 2.75) is 57.9 Å². The molecule has 0 atom stereocenters. The molecule has 96 valence electrons. The second-order valence-corrected chi connectivity index (χ2v) is 5.77. The largest absolute Gasteiger partial charge is 0.392 e. The molecule has 0 aromatic heterocycles. The van der Waals surface area contributed by atoms with Gasteiger partial charge in [-0.2, -0.15) is 0 Å². The molecule has 2 aliphatic rings. The maximum absolute atomic E-state index is 12.7. The van der Waals surface area contributed by atoms with Crippen LogP contribution in [0.1, 0.15) is 51.9 Å². The van der Waals surface area contributed by atoms with Gasteiger partial charge >= 0.3 is 0 Å². The molecule has 2 rings (SSSR count). The van der Waals surface area contributed by atoms with Crippen molar-refractivity contribution in [2.24, 2.45) is 11.1 Å². The van der Waals surface area contributed by atoms with Crippen molar-refractivity contribution in [3.05, 3.63) is 0 Å². The minimum Gasteiger partial charge on any atom is -0.392 e. The summed E-state index contributed by atoms with van der Waals surface area (Å²) < 4.78 is 0. The van der Waals surface area contributed by atoms with Gasteiger partial charge in [-0.3, -0.25) is 4.79 Å². The summed E-state index contributed by atoms with van der Waals surface area (Å²) in [5, 5.41) is 0. The standard InChI is InChI=1S/C13H22N2OS/c1-2-15(10-6-7-10)12(16)13(11(14)17)8-4-3-5-9-13/h10H,2-9H2,1H3,(H2,14,17). The van der Waals surface area contributed by atoms with Crippen molar-refractivity contribution in [3.63, 3.8) is 0 Å². The molecular weight excluding hydrogens is 232 g/mol. The van der Waals surface area contributed by atoms with Gasteiger partial charge in [-0.05, 0) is 32.6 Å². The lowest BCUT2D eigenvalue weighted by Gasteiger charge is -2.39. The van der Waals surface area contributed by atoms with E-state index in [9.17, 15) is 4.79 Å². The molecule has 2 fully saturated rings. The molecule has 2 aliphatic carbocycles. The van der Waals surface area contributed by atoms with Crippen LogP contribution in [0.25, 0.3) is 0 Å². The van der Waals surface area contributed by atoms with Crippen molar-refractivity contribution in [2.75, 3.05) is 6.54 Å². The topological polar surface area (TPSA) is 46.3 Å². The number of nitrogens with zero attached hydrogens (tertiary/aromatic N) is 1. The summed E-state index contributed by atoms with van der Waals surface area (Å²) in [6.45, 7) is 2.83. The zero-order valence-corrected chi connectivity index (χ0v) is 11.4. The van der Waals surface area contributed by atoms with Crippen molar-refractivity contribution in [3.8, 4) is 0 Å². The molecule has 0 radical (unpaired) electrons. The fourth-order valence-corrected chi connectivity index (χ4v) is 3.24. The number of hydrogen-bond acceptors (Lipinski definition) is 2. The van der Waals surface area contributed by atoms with E-state index in [4.69, 9.17) is 18.0 Å². The number of carbonyl (C=O) groups excluding carboxylic acids is 1. The first-order valence-corrected chi connectivity index (χ1v) is 7.13. The van der Waals surface area contributed by atoms with E-state index in [1.165, 1.54) is 6.42 Å². The van der Waals surface area contributed by atoms with Crippen LogP contribution in [0.5, 0.6) is 0 Å². The van der Waals surface area contributed by atoms with Crippen molar-refractivity contribution >= 4 is 23.1 Å². The highest BCUT2D eigenvalue weighted by Gasteiger charge is 2.47. The summed E-state index contributed by atoms with van der Waals surface area (Å²) in [7, 11) is 0. The second-order valence-electron chi connectivity index (χ2n) is 5.33. The van der Waals surface area contributed by atoms with Gasteiger partial charge in [0.15, 0.2) is 0 Å². The number of rotatable bonds is 4. The first kappa shape index (κ1) is 12.8. The maximum atomic E-state index is 12.7. The average Bonchev–Trinajstić information content (AvgIpc) is 3.15. The first-order valence-electron chi connectivity index (χ1n) is 6.73. The Morgan fingerprint density at radius 2 is 1.94 bits per heavy atom. The molecule has 0 heterocycles. The lowest BCUT2D eigenvalue weighted by atomic mass is 9.73. The summed E-state index contributed by atoms with van der Waals surface area (Å²) in [6.07, 6.45) is 7.35. The summed E-state index contributed by atoms with van der Waals surface area (Å²) in [5.74, 6) is 0.203. The Morgan fingerprint density at radius 1 is 1.35 bits per heavy atom. The Hall–Kier alpha value is -0.640. The van der Waals surface area contributed by atoms with E-state index in [1.54, 1.807) is 0 Å². The van der Waals surface area contributed by atoms with Crippen LogP contribution in [-0.4, -0.2) is 28.4 Å². The Labute approximate surface area is 109 Å². The molecule has 0 aliphatic heterocycles. The SMILES string of the molecule is CCN(C(=O)C1(C(N)=S)CCCCC1)C1CC1. The predicted octanol–water partition coefficient (Wildman–Crippen LogP) is 2.23. The molecular formula is C13H22N2OS. The third kappa shape index (κ3) is 2.32. The molecule has 0 bridgehead atoms. The van der Waals surface area contributed by atoms with Gasteiger partial charge in [-0.25, -0.2) is 0 Å². The van der Waals surface area contributed by atoms with E-state index in [0.717, 1.165) is 45.1 Å². The van der Waals surface area contributed by atoms with Crippen LogP contribution in [0.15, 0.2) is 0 Å². The van der Waals surface area contributed by atoms with Crippen molar-refractivity contribution < 1.29 is 4.79 Å². The van der Waals surface area contributed by atoms with E-state index >= 15 is 0 Å². The Balaban J connectivity index is 2.19. The molecule has 2 saturated carbocycles. The first-order chi connectivity index (χ1) is 8.12. The lowest BCUT2D eigenvalue weighted by molar-refractivity contribution is -0.140. The van der Waals surface area contributed by atoms with E-state index in [0.29, 0.717) is 11.0 Å². The van der Waals surface area contributed by atoms with Gasteiger partial charge in [0.1, 0.15) is 0 Å². The van der Waals surface area contributed by atoms with Crippen LogP contribution in [0.3, 0.4) is 0 Å². The smallest absolute Gasteiger partial charge is 0.235 e. The zero-order valence-electron chi connectivity index (χ0n) is 10.6. The molecule has 17 heavy (non-hydrogen) atoms. The lowest BCUT2D eigenvalue weighted by Crippen LogP contribution is -2.52. The van der Waals surface area contributed by atoms with Gasteiger partial charge in [-0.1, -0.05) is 31.5 Å². The second kappa shape index (κ2) is 4.92. The van der Waals surface area contributed by atoms with Crippen LogP contribution in [-0.2, 0) is 4.79 Å². The number of carbonyl (C=O) groups is 1. The van der Waals surface area contributed by atoms with Gasteiger partial charge in [-0.15, -0.1) is 0 Å². The fraction of sp³-hybridized carbons (Fsp3) is 0.846. The quantitative estimate of drug-likeness (QED) is 0.783. The highest BCUT2D eigenvalue weighted by Crippen LogP contribution is 2.40. The van der Waals surface area contributed by atoms with E-state index in [2.05, 4.69) is 0 Å². The summed E-state index contributed by atoms with van der Waals surface area (Å²) in [5.41, 5.74) is 5.38. The third-order valence-corrected chi connectivity index (χ3v) is 4.57. The zero-order chi connectivity index (χ0) is 12.5. The highest BCUT2D eigenvalue weighted by atomic mass is 32.1. The average molecular weight is 254 g/mol. The summed E-state index contributed by atoms with van der Waals surface area (Å²) in [6, 6.07) is 0.459. The number of nitrogens with two attached hydrogens (primary N) is 1. The van der Waals surface area contributed by atoms with Crippen LogP contribution >= 0.6 is 12.2 Å². The van der Waals surface area contributed by atoms with Gasteiger partial charge in [0.2, 0.25) is 5.91 Å². The van der Waals surface area contributed by atoms with E-state index in [-0.39, 0.29) is 5.91 Å². The number of thiocarbonyl (C=S) groups is 1. The van der Waals surface area contributed by atoms with Crippen molar-refractivity contribution in [1.29, 1.82) is 0 Å². The van der Waals surface area contributed by atoms with Crippen LogP contribution < -0.4 is 5.73 Å². The van der Waals surface area contributed by atoms with Crippen LogP contribution in [0.4, 0.5) is 0 Å². The Morgan fingerprint density at radius 3 is 2.35 bits per heavy atom. The molecule has 0 aromatic rings. The normalized spacial score (nSPS) is 23.1. The van der Waals surface area contributed by atoms with E-state index in [1.807, 2.05) is 11.8 Å². The molecule has 3 nitrogen and oxygen atoms in total. The van der Waals surface area contributed by atoms with Gasteiger partial charge in [0, 0.05) is 12.6 Å². The highest BCUT2D eigenvalue weighted by molar-refractivity contribution is 7.80. The number of hydrogen-bond donors (Lipinski definition) is 1. The molecule has 2 N–H and O–H groups in total. The predicted molar refractivity (Wildman–Crippen MR) is 72.7 cm³/mol. The van der Waals surface area contributed by atoms with Gasteiger partial charge in [0.25, 0.3) is 0 Å². The Bertz CT molecular complexity index is 319. The Kier molecular flexibility index (Phi) is 3.71. The number of amides is 1. The third-order valence-electron chi connectivity index (χ3n) is 4.18. The van der Waals surface area contributed by atoms with Crippen LogP contribution in [0.2, 0.25) is 0 Å². The van der Waals surface area contributed by atoms with Gasteiger partial charge in [0.05, 0.1) is 10.4 Å². The van der Waals surface area contributed by atoms with Gasteiger partial charge < -0.3 is 10.6 Å². The molecule has 0 aromatic carbocycles. The monoisotopic (exact) mass is 254 g/mol.